The summed E-state index contributed by atoms with van der Waals surface area (Å²) in [5.74, 6) is -2.39. The van der Waals surface area contributed by atoms with E-state index in [1.54, 1.807) is 24.3 Å². The quantitative estimate of drug-likeness (QED) is 0.778. The van der Waals surface area contributed by atoms with Crippen LogP contribution in [-0.4, -0.2) is 33.9 Å². The van der Waals surface area contributed by atoms with Gasteiger partial charge in [0.25, 0.3) is 0 Å². The highest BCUT2D eigenvalue weighted by Gasteiger charge is 2.52. The fourth-order valence-electron chi connectivity index (χ4n) is 2.89. The molecule has 1 amide bonds. The van der Waals surface area contributed by atoms with Crippen molar-refractivity contribution in [2.75, 3.05) is 6.61 Å². The molecule has 1 aromatic rings. The number of aliphatic hydroxyl groups excluding tert-OH is 1. The smallest absolute Gasteiger partial charge is 0.410 e. The van der Waals surface area contributed by atoms with Crippen molar-refractivity contribution in [1.82, 2.24) is 4.90 Å². The zero-order valence-electron chi connectivity index (χ0n) is 11.9. The van der Waals surface area contributed by atoms with Gasteiger partial charge in [0.05, 0.1) is 0 Å². The van der Waals surface area contributed by atoms with Crippen LogP contribution in [0.5, 0.6) is 0 Å². The summed E-state index contributed by atoms with van der Waals surface area (Å²) in [6.07, 6.45) is -0.909. The van der Waals surface area contributed by atoms with E-state index in [4.69, 9.17) is 0 Å². The van der Waals surface area contributed by atoms with Crippen molar-refractivity contribution >= 4 is 6.09 Å². The molecule has 4 nitrogen and oxygen atoms in total. The Labute approximate surface area is 117 Å². The summed E-state index contributed by atoms with van der Waals surface area (Å²) in [6.45, 7) is 4.74. The Hall–Kier alpha value is -1.62. The lowest BCUT2D eigenvalue weighted by Gasteiger charge is -2.49. The topological polar surface area (TPSA) is 60.8 Å². The maximum absolute atomic E-state index is 15.3. The Morgan fingerprint density at radius 1 is 1.45 bits per heavy atom. The van der Waals surface area contributed by atoms with Crippen molar-refractivity contribution in [3.05, 3.63) is 35.4 Å². The van der Waals surface area contributed by atoms with Crippen molar-refractivity contribution in [2.24, 2.45) is 5.41 Å². The number of hydrogen-bond donors (Lipinski definition) is 2. The van der Waals surface area contributed by atoms with Crippen LogP contribution in [0.25, 0.3) is 0 Å². The molecule has 1 aliphatic rings. The van der Waals surface area contributed by atoms with Crippen LogP contribution in [0.15, 0.2) is 24.3 Å². The molecule has 0 saturated carbocycles. The third-order valence-corrected chi connectivity index (χ3v) is 3.95. The molecule has 0 fully saturated rings. The second-order valence-electron chi connectivity index (χ2n) is 6.31. The van der Waals surface area contributed by atoms with Crippen molar-refractivity contribution in [1.29, 1.82) is 0 Å². The molecule has 2 atom stereocenters. The van der Waals surface area contributed by atoms with Crippen LogP contribution in [0.2, 0.25) is 0 Å². The van der Waals surface area contributed by atoms with Crippen LogP contribution in [0.4, 0.5) is 9.18 Å². The second-order valence-corrected chi connectivity index (χ2v) is 6.31. The van der Waals surface area contributed by atoms with E-state index >= 15 is 4.39 Å². The zero-order chi connectivity index (χ0) is 15.1. The number of benzene rings is 1. The third-order valence-electron chi connectivity index (χ3n) is 3.95. The van der Waals surface area contributed by atoms with Gasteiger partial charge in [0, 0.05) is 11.6 Å². The van der Waals surface area contributed by atoms with E-state index in [0.717, 1.165) is 10.5 Å². The molecule has 20 heavy (non-hydrogen) atoms. The molecule has 0 spiro atoms. The van der Waals surface area contributed by atoms with Gasteiger partial charge in [-0.3, -0.25) is 4.90 Å². The highest BCUT2D eigenvalue weighted by Crippen LogP contribution is 2.44. The van der Waals surface area contributed by atoms with E-state index in [1.165, 1.54) is 0 Å². The zero-order valence-corrected chi connectivity index (χ0v) is 11.9. The molecule has 0 radical (unpaired) electrons. The molecule has 1 aliphatic heterocycles. The highest BCUT2D eigenvalue weighted by atomic mass is 19.1. The summed E-state index contributed by atoms with van der Waals surface area (Å²) in [6, 6.07) is 6.25. The Kier molecular flexibility index (Phi) is 3.50. The van der Waals surface area contributed by atoms with Crippen LogP contribution in [0.3, 0.4) is 0 Å². The van der Waals surface area contributed by atoms with Crippen LogP contribution in [-0.2, 0) is 12.2 Å². The van der Waals surface area contributed by atoms with E-state index in [9.17, 15) is 15.0 Å². The minimum Gasteiger partial charge on any atom is -0.465 e. The molecule has 1 aromatic carbocycles. The number of fused-ring (bicyclic) bond motifs is 1. The van der Waals surface area contributed by atoms with E-state index in [2.05, 4.69) is 0 Å². The maximum atomic E-state index is 15.3. The van der Waals surface area contributed by atoms with Crippen LogP contribution in [0.1, 0.15) is 31.9 Å². The van der Waals surface area contributed by atoms with Gasteiger partial charge in [-0.1, -0.05) is 45.0 Å². The Bertz CT molecular complexity index is 526. The maximum Gasteiger partial charge on any atom is 0.410 e. The normalized spacial score (nSPS) is 26.2. The first-order valence-corrected chi connectivity index (χ1v) is 6.62. The van der Waals surface area contributed by atoms with Gasteiger partial charge in [-0.2, -0.15) is 0 Å². The SMILES string of the molecule is CC(C)(C)C1Cc2ccccc2C(F)(CO)N1C(=O)O. The van der Waals surface area contributed by atoms with Crippen LogP contribution in [0, 0.1) is 5.41 Å². The summed E-state index contributed by atoms with van der Waals surface area (Å²) < 4.78 is 15.3. The van der Waals surface area contributed by atoms with Crippen molar-refractivity contribution in [3.63, 3.8) is 0 Å². The van der Waals surface area contributed by atoms with Gasteiger partial charge in [0.1, 0.15) is 6.61 Å². The number of carbonyl (C=O) groups is 1. The molecule has 0 aliphatic carbocycles. The number of hydrogen-bond acceptors (Lipinski definition) is 2. The molecule has 0 aromatic heterocycles. The van der Waals surface area contributed by atoms with Gasteiger partial charge in [-0.15, -0.1) is 0 Å². The Morgan fingerprint density at radius 3 is 2.55 bits per heavy atom. The summed E-state index contributed by atoms with van der Waals surface area (Å²) in [5, 5.41) is 19.0. The predicted molar refractivity (Wildman–Crippen MR) is 73.1 cm³/mol. The summed E-state index contributed by atoms with van der Waals surface area (Å²) in [5.41, 5.74) is 0.560. The van der Waals surface area contributed by atoms with Gasteiger partial charge in [-0.25, -0.2) is 9.18 Å². The third kappa shape index (κ3) is 2.16. The lowest BCUT2D eigenvalue weighted by Crippen LogP contribution is -2.61. The Balaban J connectivity index is 2.65. The van der Waals surface area contributed by atoms with Gasteiger partial charge in [0.15, 0.2) is 0 Å². The molecule has 2 unspecified atom stereocenters. The summed E-state index contributed by atoms with van der Waals surface area (Å²) in [7, 11) is 0. The van der Waals surface area contributed by atoms with Crippen LogP contribution < -0.4 is 0 Å². The molecule has 5 heteroatoms. The van der Waals surface area contributed by atoms with E-state index in [0.29, 0.717) is 6.42 Å². The summed E-state index contributed by atoms with van der Waals surface area (Å²) in [4.78, 5) is 12.3. The number of nitrogens with zero attached hydrogens (tertiary/aromatic N) is 1. The largest absolute Gasteiger partial charge is 0.465 e. The van der Waals surface area contributed by atoms with Crippen LogP contribution >= 0.6 is 0 Å². The van der Waals surface area contributed by atoms with Crippen molar-refractivity contribution < 1.29 is 19.4 Å². The fraction of sp³-hybridized carbons (Fsp3) is 0.533. The number of carboxylic acid groups (broad SMARTS) is 1. The van der Waals surface area contributed by atoms with E-state index in [1.807, 2.05) is 20.8 Å². The average Bonchev–Trinajstić information content (AvgIpc) is 2.37. The molecule has 2 rings (SSSR count). The predicted octanol–water partition coefficient (Wildman–Crippen LogP) is 2.75. The van der Waals surface area contributed by atoms with Gasteiger partial charge < -0.3 is 10.2 Å². The number of aliphatic hydroxyl groups is 1. The molecular formula is C15H20FNO3. The minimum atomic E-state index is -2.39. The van der Waals surface area contributed by atoms with E-state index < -0.39 is 29.9 Å². The lowest BCUT2D eigenvalue weighted by molar-refractivity contribution is -0.113. The van der Waals surface area contributed by atoms with Gasteiger partial charge in [-0.05, 0) is 17.4 Å². The first kappa shape index (κ1) is 14.8. The van der Waals surface area contributed by atoms with Gasteiger partial charge in [0.2, 0.25) is 5.79 Å². The molecule has 1 heterocycles. The molecular weight excluding hydrogens is 261 g/mol. The second kappa shape index (κ2) is 4.74. The van der Waals surface area contributed by atoms with E-state index in [-0.39, 0.29) is 5.56 Å². The first-order chi connectivity index (χ1) is 9.21. The minimum absolute atomic E-state index is 0.241. The lowest BCUT2D eigenvalue weighted by atomic mass is 9.76. The molecule has 2 N–H and O–H groups in total. The van der Waals surface area contributed by atoms with Crippen molar-refractivity contribution in [3.8, 4) is 0 Å². The summed E-state index contributed by atoms with van der Waals surface area (Å²) >= 11 is 0. The van der Waals surface area contributed by atoms with Crippen molar-refractivity contribution in [2.45, 2.75) is 39.0 Å². The number of amides is 1. The number of alkyl halides is 1. The molecule has 0 saturated heterocycles. The fourth-order valence-corrected chi connectivity index (χ4v) is 2.89. The number of rotatable bonds is 1. The number of halogens is 1. The van der Waals surface area contributed by atoms with Gasteiger partial charge >= 0.3 is 6.09 Å². The molecule has 0 bridgehead atoms. The standard InChI is InChI=1S/C15H20FNO3/c1-14(2,3)12-8-10-6-4-5-7-11(10)15(16,9-18)17(12)13(19)20/h4-7,12,18H,8-9H2,1-3H3,(H,19,20). The highest BCUT2D eigenvalue weighted by molar-refractivity contribution is 5.68. The first-order valence-electron chi connectivity index (χ1n) is 6.62. The average molecular weight is 281 g/mol. The molecule has 110 valence electrons. The Morgan fingerprint density at radius 2 is 2.05 bits per heavy atom. The monoisotopic (exact) mass is 281 g/mol.